The molecule has 0 aromatic heterocycles. The Hall–Kier alpha value is -1.32. The van der Waals surface area contributed by atoms with E-state index in [1.807, 2.05) is 0 Å². The zero-order valence-corrected chi connectivity index (χ0v) is 5.78. The van der Waals surface area contributed by atoms with E-state index in [0.717, 1.165) is 6.08 Å². The van der Waals surface area contributed by atoms with Gasteiger partial charge in [-0.15, -0.1) is 0 Å². The average molecular weight is 156 g/mol. The quantitative estimate of drug-likeness (QED) is 0.570. The Morgan fingerprint density at radius 2 is 1.91 bits per heavy atom. The number of carbonyl (C=O) groups is 2. The van der Waals surface area contributed by atoms with Crippen LogP contribution in [-0.4, -0.2) is 22.2 Å². The van der Waals surface area contributed by atoms with Gasteiger partial charge in [-0.3, -0.25) is 4.79 Å². The minimum absolute atomic E-state index is 0.361. The number of aliphatic carboxylic acids is 2. The molecule has 0 aliphatic heterocycles. The number of allylic oxidation sites excluding steroid dienone is 1. The van der Waals surface area contributed by atoms with Crippen LogP contribution in [-0.2, 0) is 9.59 Å². The van der Waals surface area contributed by atoms with Gasteiger partial charge in [-0.2, -0.15) is 0 Å². The summed E-state index contributed by atoms with van der Waals surface area (Å²) in [4.78, 5) is 20.3. The predicted molar refractivity (Wildman–Crippen MR) is 36.1 cm³/mol. The SMILES string of the molecule is O=C(O)C=C1CC(C(=O)O)C1. The third-order valence-corrected chi connectivity index (χ3v) is 1.69. The van der Waals surface area contributed by atoms with Crippen LogP contribution >= 0.6 is 0 Å². The maximum Gasteiger partial charge on any atom is 0.328 e. The lowest BCUT2D eigenvalue weighted by molar-refractivity contribution is -0.143. The van der Waals surface area contributed by atoms with Crippen LogP contribution in [0.15, 0.2) is 11.6 Å². The van der Waals surface area contributed by atoms with Crippen molar-refractivity contribution in [1.29, 1.82) is 0 Å². The molecule has 0 saturated heterocycles. The van der Waals surface area contributed by atoms with E-state index >= 15 is 0 Å². The van der Waals surface area contributed by atoms with E-state index in [9.17, 15) is 9.59 Å². The molecule has 0 radical (unpaired) electrons. The van der Waals surface area contributed by atoms with Gasteiger partial charge in [0.25, 0.3) is 0 Å². The first-order valence-electron chi connectivity index (χ1n) is 3.25. The largest absolute Gasteiger partial charge is 0.481 e. The molecule has 4 nitrogen and oxygen atoms in total. The van der Waals surface area contributed by atoms with Crippen molar-refractivity contribution in [1.82, 2.24) is 0 Å². The van der Waals surface area contributed by atoms with Gasteiger partial charge in [-0.05, 0) is 12.8 Å². The van der Waals surface area contributed by atoms with Gasteiger partial charge < -0.3 is 10.2 Å². The van der Waals surface area contributed by atoms with Gasteiger partial charge in [0.15, 0.2) is 0 Å². The standard InChI is InChI=1S/C7H8O4/c8-6(9)3-4-1-5(2-4)7(10)11/h3,5H,1-2H2,(H,8,9)(H,10,11). The van der Waals surface area contributed by atoms with Crippen LogP contribution in [0.3, 0.4) is 0 Å². The predicted octanol–water partition coefficient (Wildman–Crippen LogP) is 0.492. The zero-order chi connectivity index (χ0) is 8.43. The maximum absolute atomic E-state index is 10.2. The second-order valence-corrected chi connectivity index (χ2v) is 2.58. The topological polar surface area (TPSA) is 74.6 Å². The minimum Gasteiger partial charge on any atom is -0.481 e. The molecule has 0 aromatic carbocycles. The number of rotatable bonds is 2. The van der Waals surface area contributed by atoms with Gasteiger partial charge in [-0.25, -0.2) is 4.79 Å². The Morgan fingerprint density at radius 3 is 2.27 bits per heavy atom. The summed E-state index contributed by atoms with van der Waals surface area (Å²) in [5, 5.41) is 16.7. The van der Waals surface area contributed by atoms with E-state index in [-0.39, 0.29) is 5.92 Å². The lowest BCUT2D eigenvalue weighted by atomic mass is 9.80. The van der Waals surface area contributed by atoms with Crippen LogP contribution in [0.1, 0.15) is 12.8 Å². The highest BCUT2D eigenvalue weighted by Gasteiger charge is 2.29. The van der Waals surface area contributed by atoms with Crippen molar-refractivity contribution in [3.8, 4) is 0 Å². The van der Waals surface area contributed by atoms with E-state index in [0.29, 0.717) is 18.4 Å². The molecule has 0 amide bonds. The highest BCUT2D eigenvalue weighted by Crippen LogP contribution is 2.32. The summed E-state index contributed by atoms with van der Waals surface area (Å²) in [5.41, 5.74) is 0.713. The van der Waals surface area contributed by atoms with Gasteiger partial charge >= 0.3 is 11.9 Å². The summed E-state index contributed by atoms with van der Waals surface area (Å²) in [6.45, 7) is 0. The Labute approximate surface area is 63.1 Å². The molecule has 0 spiro atoms. The molecule has 1 aliphatic carbocycles. The van der Waals surface area contributed by atoms with Crippen LogP contribution in [0.2, 0.25) is 0 Å². The summed E-state index contributed by atoms with van der Waals surface area (Å²) in [7, 11) is 0. The van der Waals surface area contributed by atoms with Crippen LogP contribution in [0.4, 0.5) is 0 Å². The number of hydrogen-bond acceptors (Lipinski definition) is 2. The molecule has 0 bridgehead atoms. The molecule has 0 heterocycles. The van der Waals surface area contributed by atoms with Crippen molar-refractivity contribution < 1.29 is 19.8 Å². The molecular formula is C7H8O4. The van der Waals surface area contributed by atoms with Crippen molar-refractivity contribution >= 4 is 11.9 Å². The first-order valence-corrected chi connectivity index (χ1v) is 3.25. The van der Waals surface area contributed by atoms with Crippen LogP contribution in [0.5, 0.6) is 0 Å². The smallest absolute Gasteiger partial charge is 0.328 e. The van der Waals surface area contributed by atoms with Crippen molar-refractivity contribution in [3.63, 3.8) is 0 Å². The minimum atomic E-state index is -0.996. The first kappa shape index (κ1) is 7.78. The second-order valence-electron chi connectivity index (χ2n) is 2.58. The van der Waals surface area contributed by atoms with E-state index in [2.05, 4.69) is 0 Å². The third-order valence-electron chi connectivity index (χ3n) is 1.69. The molecule has 1 saturated carbocycles. The summed E-state index contributed by atoms with van der Waals surface area (Å²) in [5.74, 6) is -2.20. The highest BCUT2D eigenvalue weighted by atomic mass is 16.4. The Morgan fingerprint density at radius 1 is 1.36 bits per heavy atom. The van der Waals surface area contributed by atoms with Crippen molar-refractivity contribution in [2.45, 2.75) is 12.8 Å². The van der Waals surface area contributed by atoms with E-state index < -0.39 is 11.9 Å². The van der Waals surface area contributed by atoms with Crippen LogP contribution in [0, 0.1) is 5.92 Å². The van der Waals surface area contributed by atoms with Gasteiger partial charge in [0, 0.05) is 6.08 Å². The summed E-state index contributed by atoms with van der Waals surface area (Å²) >= 11 is 0. The molecule has 1 aliphatic rings. The fraction of sp³-hybridized carbons (Fsp3) is 0.429. The second kappa shape index (κ2) is 2.74. The van der Waals surface area contributed by atoms with Crippen LogP contribution in [0.25, 0.3) is 0 Å². The van der Waals surface area contributed by atoms with Crippen LogP contribution < -0.4 is 0 Å². The normalized spacial score (nSPS) is 22.2. The van der Waals surface area contributed by atoms with E-state index in [4.69, 9.17) is 10.2 Å². The molecule has 4 heteroatoms. The maximum atomic E-state index is 10.2. The molecular weight excluding hydrogens is 148 g/mol. The highest BCUT2D eigenvalue weighted by molar-refractivity contribution is 5.82. The monoisotopic (exact) mass is 156 g/mol. The van der Waals surface area contributed by atoms with Gasteiger partial charge in [0.1, 0.15) is 0 Å². The average Bonchev–Trinajstić information content (AvgIpc) is 1.75. The van der Waals surface area contributed by atoms with Gasteiger partial charge in [-0.1, -0.05) is 5.57 Å². The Kier molecular flexibility index (Phi) is 1.94. The third kappa shape index (κ3) is 1.80. The molecule has 2 N–H and O–H groups in total. The molecule has 1 rings (SSSR count). The molecule has 11 heavy (non-hydrogen) atoms. The van der Waals surface area contributed by atoms with Gasteiger partial charge in [0.05, 0.1) is 5.92 Å². The molecule has 60 valence electrons. The van der Waals surface area contributed by atoms with Crippen molar-refractivity contribution in [2.75, 3.05) is 0 Å². The van der Waals surface area contributed by atoms with Crippen molar-refractivity contribution in [3.05, 3.63) is 11.6 Å². The number of carboxylic acids is 2. The zero-order valence-electron chi connectivity index (χ0n) is 5.78. The molecule has 1 fully saturated rings. The summed E-state index contributed by atoms with van der Waals surface area (Å²) in [6, 6.07) is 0. The number of hydrogen-bond donors (Lipinski definition) is 2. The van der Waals surface area contributed by atoms with E-state index in [1.54, 1.807) is 0 Å². The molecule has 0 unspecified atom stereocenters. The fourth-order valence-electron chi connectivity index (χ4n) is 1.04. The summed E-state index contributed by atoms with van der Waals surface area (Å²) < 4.78 is 0. The van der Waals surface area contributed by atoms with E-state index in [1.165, 1.54) is 0 Å². The molecule has 0 atom stereocenters. The summed E-state index contributed by atoms with van der Waals surface area (Å²) in [6.07, 6.45) is 1.86. The Balaban J connectivity index is 2.40. The number of carboxylic acid groups (broad SMARTS) is 2. The van der Waals surface area contributed by atoms with Crippen molar-refractivity contribution in [2.24, 2.45) is 5.92 Å². The first-order chi connectivity index (χ1) is 5.09. The fourth-order valence-corrected chi connectivity index (χ4v) is 1.04. The lowest BCUT2D eigenvalue weighted by Gasteiger charge is -2.24. The molecule has 0 aromatic rings. The Bertz CT molecular complexity index is 221. The lowest BCUT2D eigenvalue weighted by Crippen LogP contribution is -2.24. The van der Waals surface area contributed by atoms with Gasteiger partial charge in [0.2, 0.25) is 0 Å².